The number of ketones is 1. The number of likely N-dealkylation sites (N-methyl/N-ethyl adjacent to an activating group) is 1. The van der Waals surface area contributed by atoms with Gasteiger partial charge in [-0.15, -0.1) is 0 Å². The molecule has 1 aliphatic rings. The van der Waals surface area contributed by atoms with Crippen molar-refractivity contribution in [2.45, 2.75) is 39.2 Å². The molecule has 0 N–H and O–H groups in total. The first-order valence-electron chi connectivity index (χ1n) is 8.22. The fraction of sp³-hybridized carbons (Fsp3) is 0.421. The molecule has 0 fully saturated rings. The Bertz CT molecular complexity index is 760. The van der Waals surface area contributed by atoms with E-state index in [1.54, 1.807) is 6.08 Å². The highest BCUT2D eigenvalue weighted by Crippen LogP contribution is 2.36. The smallest absolute Gasteiger partial charge is 0.155 e. The molecule has 0 saturated heterocycles. The van der Waals surface area contributed by atoms with Gasteiger partial charge in [-0.25, -0.2) is 0 Å². The summed E-state index contributed by atoms with van der Waals surface area (Å²) < 4.78 is 6.00. The van der Waals surface area contributed by atoms with Crippen LogP contribution >= 0.6 is 11.6 Å². The van der Waals surface area contributed by atoms with Crippen molar-refractivity contribution in [3.05, 3.63) is 40.1 Å². The van der Waals surface area contributed by atoms with Gasteiger partial charge >= 0.3 is 0 Å². The summed E-state index contributed by atoms with van der Waals surface area (Å²) in [4.78, 5) is 14.2. The number of benzene rings is 1. The predicted molar refractivity (Wildman–Crippen MR) is 94.8 cm³/mol. The molecular weight excluding hydrogens is 310 g/mol. The molecule has 3 rings (SSSR count). The van der Waals surface area contributed by atoms with Crippen LogP contribution in [0.1, 0.15) is 43.1 Å². The lowest BCUT2D eigenvalue weighted by Crippen LogP contribution is -2.18. The van der Waals surface area contributed by atoms with Crippen molar-refractivity contribution >= 4 is 34.4 Å². The van der Waals surface area contributed by atoms with Crippen molar-refractivity contribution < 1.29 is 9.21 Å². The van der Waals surface area contributed by atoms with Gasteiger partial charge in [0.25, 0.3) is 0 Å². The van der Waals surface area contributed by atoms with E-state index in [2.05, 4.69) is 18.9 Å². The fourth-order valence-corrected chi connectivity index (χ4v) is 3.36. The Morgan fingerprint density at radius 1 is 1.39 bits per heavy atom. The molecule has 3 nitrogen and oxygen atoms in total. The molecule has 1 aromatic carbocycles. The second kappa shape index (κ2) is 6.90. The summed E-state index contributed by atoms with van der Waals surface area (Å²) in [6, 6.07) is 3.82. The normalized spacial score (nSPS) is 15.4. The molecule has 0 amide bonds. The minimum absolute atomic E-state index is 0.153. The van der Waals surface area contributed by atoms with E-state index in [1.807, 2.05) is 18.2 Å². The van der Waals surface area contributed by atoms with Gasteiger partial charge in [0, 0.05) is 35.5 Å². The fourth-order valence-electron chi connectivity index (χ4n) is 3.11. The zero-order valence-electron chi connectivity index (χ0n) is 13.7. The first-order valence-corrected chi connectivity index (χ1v) is 8.60. The number of allylic oxidation sites excluding steroid dienone is 1. The van der Waals surface area contributed by atoms with E-state index < -0.39 is 0 Å². The van der Waals surface area contributed by atoms with Gasteiger partial charge in [-0.2, -0.15) is 0 Å². The van der Waals surface area contributed by atoms with Crippen LogP contribution < -0.4 is 0 Å². The Morgan fingerprint density at radius 2 is 2.22 bits per heavy atom. The van der Waals surface area contributed by atoms with Crippen LogP contribution in [0.25, 0.3) is 17.0 Å². The summed E-state index contributed by atoms with van der Waals surface area (Å²) in [7, 11) is 2.10. The molecule has 0 atom stereocenters. The standard InChI is InChI=1S/C19H22ClNO2/c1-3-4-5-13(22)6-8-17-15-12-21(2)11-10-14-16(20)7-9-18(23-17)19(14)15/h6-9H,3-5,10-12H2,1-2H3/b8-6+. The van der Waals surface area contributed by atoms with Crippen LogP contribution in [0.15, 0.2) is 22.6 Å². The average molecular weight is 332 g/mol. The number of unbranched alkanes of at least 4 members (excludes halogenated alkanes) is 1. The second-order valence-electron chi connectivity index (χ2n) is 6.23. The molecule has 0 bridgehead atoms. The number of rotatable bonds is 5. The van der Waals surface area contributed by atoms with E-state index in [1.165, 1.54) is 0 Å². The Hall–Kier alpha value is -1.58. The molecule has 23 heavy (non-hydrogen) atoms. The summed E-state index contributed by atoms with van der Waals surface area (Å²) in [5.74, 6) is 0.932. The third-order valence-electron chi connectivity index (χ3n) is 4.41. The molecular formula is C19H22ClNO2. The number of halogens is 1. The maximum Gasteiger partial charge on any atom is 0.155 e. The highest BCUT2D eigenvalue weighted by molar-refractivity contribution is 6.32. The van der Waals surface area contributed by atoms with Crippen LogP contribution in [0.4, 0.5) is 0 Å². The lowest BCUT2D eigenvalue weighted by Gasteiger charge is -2.12. The maximum absolute atomic E-state index is 11.9. The van der Waals surface area contributed by atoms with E-state index >= 15 is 0 Å². The summed E-state index contributed by atoms with van der Waals surface area (Å²) in [5, 5.41) is 1.92. The molecule has 122 valence electrons. The first kappa shape index (κ1) is 16.3. The third kappa shape index (κ3) is 3.36. The van der Waals surface area contributed by atoms with E-state index in [-0.39, 0.29) is 5.78 Å². The molecule has 1 aliphatic heterocycles. The van der Waals surface area contributed by atoms with E-state index in [0.29, 0.717) is 6.42 Å². The minimum Gasteiger partial charge on any atom is -0.456 e. The van der Waals surface area contributed by atoms with Crippen LogP contribution in [0.2, 0.25) is 5.02 Å². The second-order valence-corrected chi connectivity index (χ2v) is 6.64. The Balaban J connectivity index is 2.01. The van der Waals surface area contributed by atoms with Gasteiger partial charge < -0.3 is 9.32 Å². The summed E-state index contributed by atoms with van der Waals surface area (Å²) in [6.45, 7) is 3.86. The molecule has 0 saturated carbocycles. The van der Waals surface area contributed by atoms with E-state index in [4.69, 9.17) is 16.0 Å². The van der Waals surface area contributed by atoms with E-state index in [0.717, 1.165) is 65.2 Å². The Kier molecular flexibility index (Phi) is 4.88. The van der Waals surface area contributed by atoms with Crippen molar-refractivity contribution in [1.29, 1.82) is 0 Å². The topological polar surface area (TPSA) is 33.5 Å². The Morgan fingerprint density at radius 3 is 3.00 bits per heavy atom. The lowest BCUT2D eigenvalue weighted by molar-refractivity contribution is -0.114. The van der Waals surface area contributed by atoms with Crippen molar-refractivity contribution in [3.8, 4) is 0 Å². The van der Waals surface area contributed by atoms with Gasteiger partial charge in [0.1, 0.15) is 11.3 Å². The minimum atomic E-state index is 0.153. The number of hydrogen-bond donors (Lipinski definition) is 0. The van der Waals surface area contributed by atoms with Gasteiger partial charge in [-0.3, -0.25) is 4.79 Å². The summed E-state index contributed by atoms with van der Waals surface area (Å²) >= 11 is 6.39. The monoisotopic (exact) mass is 331 g/mol. The zero-order valence-corrected chi connectivity index (χ0v) is 14.4. The highest BCUT2D eigenvalue weighted by atomic mass is 35.5. The number of furan rings is 1. The first-order chi connectivity index (χ1) is 11.1. The number of nitrogens with zero attached hydrogens (tertiary/aromatic N) is 1. The largest absolute Gasteiger partial charge is 0.456 e. The SMILES string of the molecule is CCCCC(=O)/C=C/c1oc2ccc(Cl)c3c2c1CN(C)CC3. The van der Waals surface area contributed by atoms with Crippen LogP contribution in [-0.4, -0.2) is 24.3 Å². The number of carbonyl (C=O) groups is 1. The van der Waals surface area contributed by atoms with Gasteiger partial charge in [-0.1, -0.05) is 24.9 Å². The molecule has 2 aromatic rings. The molecule has 0 spiro atoms. The molecule has 0 unspecified atom stereocenters. The van der Waals surface area contributed by atoms with Crippen molar-refractivity contribution in [2.24, 2.45) is 0 Å². The van der Waals surface area contributed by atoms with Gasteiger partial charge in [-0.05, 0) is 49.7 Å². The van der Waals surface area contributed by atoms with Crippen LogP contribution in [0, 0.1) is 0 Å². The maximum atomic E-state index is 11.9. The number of hydrogen-bond acceptors (Lipinski definition) is 3. The lowest BCUT2D eigenvalue weighted by atomic mass is 10.0. The molecule has 2 heterocycles. The van der Waals surface area contributed by atoms with Crippen molar-refractivity contribution in [2.75, 3.05) is 13.6 Å². The predicted octanol–water partition coefficient (Wildman–Crippen LogP) is 4.85. The van der Waals surface area contributed by atoms with Crippen molar-refractivity contribution in [3.63, 3.8) is 0 Å². The Labute approximate surface area is 141 Å². The van der Waals surface area contributed by atoms with E-state index in [9.17, 15) is 4.79 Å². The van der Waals surface area contributed by atoms with Crippen LogP contribution in [0.3, 0.4) is 0 Å². The zero-order chi connectivity index (χ0) is 16.4. The van der Waals surface area contributed by atoms with Crippen LogP contribution in [-0.2, 0) is 17.8 Å². The highest BCUT2D eigenvalue weighted by Gasteiger charge is 2.22. The quantitative estimate of drug-likeness (QED) is 0.734. The summed E-state index contributed by atoms with van der Waals surface area (Å²) in [5.41, 5.74) is 3.15. The van der Waals surface area contributed by atoms with Gasteiger partial charge in [0.2, 0.25) is 0 Å². The molecule has 0 aliphatic carbocycles. The number of carbonyl (C=O) groups excluding carboxylic acids is 1. The molecule has 0 radical (unpaired) electrons. The molecule has 4 heteroatoms. The average Bonchev–Trinajstić information content (AvgIpc) is 2.77. The molecule has 1 aromatic heterocycles. The van der Waals surface area contributed by atoms with Crippen molar-refractivity contribution in [1.82, 2.24) is 4.90 Å². The summed E-state index contributed by atoms with van der Waals surface area (Å²) in [6.07, 6.45) is 6.94. The van der Waals surface area contributed by atoms with Gasteiger partial charge in [0.15, 0.2) is 5.78 Å². The van der Waals surface area contributed by atoms with Crippen LogP contribution in [0.5, 0.6) is 0 Å². The third-order valence-corrected chi connectivity index (χ3v) is 4.76. The van der Waals surface area contributed by atoms with Gasteiger partial charge in [0.05, 0.1) is 0 Å².